The van der Waals surface area contributed by atoms with Gasteiger partial charge >= 0.3 is 18.2 Å². The van der Waals surface area contributed by atoms with Crippen LogP contribution in [0.1, 0.15) is 73.6 Å². The van der Waals surface area contributed by atoms with Crippen LogP contribution in [0.15, 0.2) is 48.1 Å². The van der Waals surface area contributed by atoms with E-state index in [0.717, 1.165) is 12.2 Å². The minimum Gasteiger partial charge on any atom is -0.457 e. The number of cyclic esters (lactones) is 1. The van der Waals surface area contributed by atoms with E-state index in [0.29, 0.717) is 23.5 Å². The molecule has 0 aromatic rings. The second-order valence-electron chi connectivity index (χ2n) is 15.3. The van der Waals surface area contributed by atoms with Crippen molar-refractivity contribution in [2.24, 2.45) is 11.8 Å². The average molecular weight is 776 g/mol. The Labute approximate surface area is 322 Å². The fourth-order valence-electron chi connectivity index (χ4n) is 6.88. The van der Waals surface area contributed by atoms with Gasteiger partial charge in [-0.05, 0) is 51.7 Å². The van der Waals surface area contributed by atoms with Crippen molar-refractivity contribution in [3.63, 3.8) is 0 Å². The molecular formula is C39H57N3O13. The van der Waals surface area contributed by atoms with E-state index in [4.69, 9.17) is 23.8 Å². The van der Waals surface area contributed by atoms with E-state index in [1.807, 2.05) is 20.8 Å². The van der Waals surface area contributed by atoms with Gasteiger partial charge in [-0.25, -0.2) is 9.59 Å². The lowest BCUT2D eigenvalue weighted by molar-refractivity contribution is -0.172. The van der Waals surface area contributed by atoms with Crippen LogP contribution < -0.4 is 0 Å². The molecule has 0 aromatic heterocycles. The van der Waals surface area contributed by atoms with E-state index in [1.165, 1.54) is 16.9 Å². The van der Waals surface area contributed by atoms with Crippen molar-refractivity contribution in [2.75, 3.05) is 33.3 Å². The number of aliphatic hydroxyl groups is 3. The lowest BCUT2D eigenvalue weighted by Crippen LogP contribution is -2.53. The monoisotopic (exact) mass is 775 g/mol. The first-order valence-electron chi connectivity index (χ1n) is 18.9. The van der Waals surface area contributed by atoms with Crippen LogP contribution in [0.4, 0.5) is 9.59 Å². The van der Waals surface area contributed by atoms with Gasteiger partial charge in [0.2, 0.25) is 0 Å². The van der Waals surface area contributed by atoms with Crippen LogP contribution in [0.3, 0.4) is 0 Å². The Kier molecular flexibility index (Phi) is 14.8. The summed E-state index contributed by atoms with van der Waals surface area (Å²) in [7, 11) is 1.47. The number of epoxide rings is 1. The van der Waals surface area contributed by atoms with E-state index in [2.05, 4.69) is 0 Å². The SMILES string of the molecule is CC[C@H](O)[C@@H](C)[C@H]1O[C@@H]1C[C@@](C)(O)/C=C/C=C(\C)[C@H]1OC(=O)C[C@H](O)CC[C@@](C)(OC)[C@@H](OC(=O)N2CCN(C(=O)ON3C(=O)C=CC3=O)CC2)/C=C/[C@@H]1C. The third-order valence-corrected chi connectivity index (χ3v) is 10.8. The molecule has 3 N–H and O–H groups in total. The van der Waals surface area contributed by atoms with Crippen LogP contribution in [0, 0.1) is 11.8 Å². The molecular weight excluding hydrogens is 718 g/mol. The summed E-state index contributed by atoms with van der Waals surface area (Å²) in [4.78, 5) is 70.2. The van der Waals surface area contributed by atoms with Gasteiger partial charge in [0.15, 0.2) is 6.10 Å². The highest BCUT2D eigenvalue weighted by atomic mass is 16.7. The Morgan fingerprint density at radius 3 is 2.31 bits per heavy atom. The normalized spacial score (nSPS) is 32.3. The van der Waals surface area contributed by atoms with Crippen LogP contribution in [0.5, 0.6) is 0 Å². The molecule has 0 aromatic carbocycles. The van der Waals surface area contributed by atoms with Crippen molar-refractivity contribution in [1.29, 1.82) is 0 Å². The van der Waals surface area contributed by atoms with Crippen LogP contribution in [-0.4, -0.2) is 141 Å². The number of amides is 4. The molecule has 2 fully saturated rings. The number of ether oxygens (including phenoxy) is 4. The predicted octanol–water partition coefficient (Wildman–Crippen LogP) is 2.96. The lowest BCUT2D eigenvalue weighted by Gasteiger charge is -2.38. The molecule has 0 saturated carbocycles. The fourth-order valence-corrected chi connectivity index (χ4v) is 6.88. The first kappa shape index (κ1) is 43.6. The number of carbonyl (C=O) groups excluding carboxylic acids is 5. The number of nitrogens with zero attached hydrogens (tertiary/aromatic N) is 3. The zero-order valence-corrected chi connectivity index (χ0v) is 32.8. The molecule has 4 heterocycles. The Morgan fingerprint density at radius 1 is 1.09 bits per heavy atom. The molecule has 16 heteroatoms. The van der Waals surface area contributed by atoms with Gasteiger partial charge < -0.3 is 48.9 Å². The number of hydrogen-bond acceptors (Lipinski definition) is 13. The minimum absolute atomic E-state index is 0.0405. The highest BCUT2D eigenvalue weighted by Gasteiger charge is 2.47. The van der Waals surface area contributed by atoms with Gasteiger partial charge in [-0.3, -0.25) is 14.4 Å². The molecule has 0 unspecified atom stereocenters. The quantitative estimate of drug-likeness (QED) is 0.0909. The molecule has 0 radical (unpaired) electrons. The van der Waals surface area contributed by atoms with Crippen LogP contribution in [-0.2, 0) is 38.2 Å². The molecule has 4 amide bonds. The highest BCUT2D eigenvalue weighted by Crippen LogP contribution is 2.38. The Hall–Kier alpha value is -4.09. The number of allylic oxidation sites excluding steroid dienone is 2. The number of imide groups is 1. The molecule has 0 bridgehead atoms. The molecule has 16 nitrogen and oxygen atoms in total. The summed E-state index contributed by atoms with van der Waals surface area (Å²) in [5.74, 6) is -2.58. The molecule has 0 spiro atoms. The molecule has 0 aliphatic carbocycles. The third-order valence-electron chi connectivity index (χ3n) is 10.8. The maximum absolute atomic E-state index is 13.5. The second-order valence-corrected chi connectivity index (χ2v) is 15.3. The third kappa shape index (κ3) is 11.7. The summed E-state index contributed by atoms with van der Waals surface area (Å²) in [6, 6.07) is 0. The maximum atomic E-state index is 13.5. The predicted molar refractivity (Wildman–Crippen MR) is 197 cm³/mol. The van der Waals surface area contributed by atoms with Crippen molar-refractivity contribution >= 4 is 30.0 Å². The number of methoxy groups -OCH3 is 1. The second kappa shape index (κ2) is 18.7. The van der Waals surface area contributed by atoms with Crippen LogP contribution in [0.2, 0.25) is 0 Å². The molecule has 10 atom stereocenters. The number of esters is 1. The number of aliphatic hydroxyl groups excluding tert-OH is 2. The fraction of sp³-hybridized carbons (Fsp3) is 0.667. The van der Waals surface area contributed by atoms with E-state index in [9.17, 15) is 39.3 Å². The minimum atomic E-state index is -1.20. The lowest BCUT2D eigenvalue weighted by atomic mass is 9.88. The standard InChI is InChI=1S/C39H57N3O13/c1-8-28(44)26(4)35-29(52-35)23-38(5,50)16-9-10-24(2)34-25(3)11-12-30(39(6,51-7)17-15-27(43)22-33(47)54-34)53-36(48)40-18-20-41(21-19-40)37(49)55-42-31(45)13-14-32(42)46/h9-14,16,25-30,34-35,43-44,50H,8,15,17-23H2,1-7H3/b12-11+,16-9+,24-10+/t25-,26+,27+,28-,29+,30-,34+,35+,38-,39+/m0/s1. The van der Waals surface area contributed by atoms with Crippen molar-refractivity contribution in [3.05, 3.63) is 48.1 Å². The summed E-state index contributed by atoms with van der Waals surface area (Å²) in [6.07, 6.45) is 6.55. The van der Waals surface area contributed by atoms with Gasteiger partial charge in [0.25, 0.3) is 11.8 Å². The van der Waals surface area contributed by atoms with Gasteiger partial charge in [0.1, 0.15) is 11.7 Å². The van der Waals surface area contributed by atoms with Gasteiger partial charge in [-0.1, -0.05) is 50.1 Å². The number of carbonyl (C=O) groups is 5. The first-order chi connectivity index (χ1) is 25.9. The summed E-state index contributed by atoms with van der Waals surface area (Å²) >= 11 is 0. The zero-order valence-electron chi connectivity index (χ0n) is 32.8. The van der Waals surface area contributed by atoms with E-state index < -0.39 is 71.5 Å². The zero-order chi connectivity index (χ0) is 40.7. The Morgan fingerprint density at radius 2 is 1.71 bits per heavy atom. The van der Waals surface area contributed by atoms with E-state index in [-0.39, 0.29) is 63.6 Å². The topological polar surface area (TPSA) is 205 Å². The molecule has 4 rings (SSSR count). The van der Waals surface area contributed by atoms with Crippen LogP contribution in [0.25, 0.3) is 0 Å². The van der Waals surface area contributed by atoms with Gasteiger partial charge in [0.05, 0.1) is 36.4 Å². The molecule has 4 aliphatic heterocycles. The summed E-state index contributed by atoms with van der Waals surface area (Å²) in [6.45, 7) is 11.2. The Balaban J connectivity index is 1.43. The average Bonchev–Trinajstić information content (AvgIpc) is 3.84. The summed E-state index contributed by atoms with van der Waals surface area (Å²) in [5.41, 5.74) is -1.63. The Bertz CT molecular complexity index is 1520. The summed E-state index contributed by atoms with van der Waals surface area (Å²) < 4.78 is 23.5. The van der Waals surface area contributed by atoms with Gasteiger partial charge in [0, 0.05) is 63.7 Å². The first-order valence-corrected chi connectivity index (χ1v) is 18.9. The molecule has 4 aliphatic rings. The largest absolute Gasteiger partial charge is 0.457 e. The van der Waals surface area contributed by atoms with Gasteiger partial charge in [-0.2, -0.15) is 0 Å². The number of hydroxylamine groups is 2. The highest BCUT2D eigenvalue weighted by molar-refractivity contribution is 6.12. The van der Waals surface area contributed by atoms with Crippen molar-refractivity contribution in [1.82, 2.24) is 14.9 Å². The van der Waals surface area contributed by atoms with E-state index >= 15 is 0 Å². The van der Waals surface area contributed by atoms with Gasteiger partial charge in [-0.15, -0.1) is 0 Å². The molecule has 2 saturated heterocycles. The maximum Gasteiger partial charge on any atom is 0.434 e. The number of rotatable bonds is 11. The number of piperazine rings is 1. The number of hydrogen-bond donors (Lipinski definition) is 3. The molecule has 55 heavy (non-hydrogen) atoms. The van der Waals surface area contributed by atoms with Crippen molar-refractivity contribution in [2.45, 2.75) is 121 Å². The smallest absolute Gasteiger partial charge is 0.434 e. The molecule has 306 valence electrons. The summed E-state index contributed by atoms with van der Waals surface area (Å²) in [5, 5.41) is 32.4. The van der Waals surface area contributed by atoms with Crippen molar-refractivity contribution < 1.29 is 63.1 Å². The van der Waals surface area contributed by atoms with E-state index in [1.54, 1.807) is 51.2 Å². The van der Waals surface area contributed by atoms with Crippen molar-refractivity contribution in [3.8, 4) is 0 Å². The van der Waals surface area contributed by atoms with Crippen LogP contribution >= 0.6 is 0 Å².